The second kappa shape index (κ2) is 4.62. The van der Waals surface area contributed by atoms with Gasteiger partial charge in [0.15, 0.2) is 0 Å². The monoisotopic (exact) mass is 260 g/mol. The Bertz CT molecular complexity index is 479. The number of piperazine rings is 1. The molecule has 1 aromatic carbocycles. The van der Waals surface area contributed by atoms with Crippen LogP contribution in [0.2, 0.25) is 0 Å². The molecule has 1 N–H and O–H groups in total. The van der Waals surface area contributed by atoms with Gasteiger partial charge in [0.25, 0.3) is 0 Å². The van der Waals surface area contributed by atoms with Crippen LogP contribution in [-0.4, -0.2) is 43.7 Å². The summed E-state index contributed by atoms with van der Waals surface area (Å²) in [5.74, 6) is -0.280. The maximum atomic E-state index is 11.4. The van der Waals surface area contributed by atoms with Gasteiger partial charge in [0.1, 0.15) is 0 Å². The molecule has 1 unspecified atom stereocenters. The molecule has 1 saturated carbocycles. The average molecular weight is 260 g/mol. The van der Waals surface area contributed by atoms with Gasteiger partial charge in [0.05, 0.1) is 12.7 Å². The molecular formula is C15H20N2O2. The first-order valence-electron chi connectivity index (χ1n) is 6.77. The molecule has 0 amide bonds. The third kappa shape index (κ3) is 2.26. The largest absolute Gasteiger partial charge is 0.465 e. The first kappa shape index (κ1) is 12.6. The number of methoxy groups -OCH3 is 1. The summed E-state index contributed by atoms with van der Waals surface area (Å²) in [5.41, 5.74) is 2.27. The molecule has 19 heavy (non-hydrogen) atoms. The first-order valence-corrected chi connectivity index (χ1v) is 6.77. The van der Waals surface area contributed by atoms with Crippen molar-refractivity contribution < 1.29 is 9.53 Å². The predicted molar refractivity (Wildman–Crippen MR) is 73.1 cm³/mol. The Morgan fingerprint density at radius 1 is 1.37 bits per heavy atom. The number of hydrogen-bond acceptors (Lipinski definition) is 4. The third-order valence-electron chi connectivity index (χ3n) is 4.51. The molecule has 1 saturated heterocycles. The van der Waals surface area contributed by atoms with E-state index in [-0.39, 0.29) is 5.97 Å². The Morgan fingerprint density at radius 3 is 2.58 bits per heavy atom. The fourth-order valence-corrected chi connectivity index (χ4v) is 2.88. The van der Waals surface area contributed by atoms with E-state index in [0.29, 0.717) is 17.1 Å². The standard InChI is InChI=1S/C15H20N2O2/c1-17-9-13(16-10-15(17)7-8-15)11-3-5-12(6-4-11)14(18)19-2/h3-6,13,16H,7-10H2,1-2H3. The molecule has 0 bridgehead atoms. The van der Waals surface area contributed by atoms with Crippen LogP contribution in [0, 0.1) is 0 Å². The van der Waals surface area contributed by atoms with Gasteiger partial charge in [0.2, 0.25) is 0 Å². The Balaban J connectivity index is 1.71. The molecule has 1 atom stereocenters. The lowest BCUT2D eigenvalue weighted by molar-refractivity contribution is 0.0600. The van der Waals surface area contributed by atoms with Crippen molar-refractivity contribution in [1.82, 2.24) is 10.2 Å². The molecule has 1 heterocycles. The number of carbonyl (C=O) groups is 1. The van der Waals surface area contributed by atoms with E-state index in [9.17, 15) is 4.79 Å². The van der Waals surface area contributed by atoms with E-state index in [1.165, 1.54) is 25.5 Å². The van der Waals surface area contributed by atoms with Crippen LogP contribution in [0.3, 0.4) is 0 Å². The molecular weight excluding hydrogens is 240 g/mol. The normalized spacial score (nSPS) is 25.3. The zero-order chi connectivity index (χ0) is 13.5. The van der Waals surface area contributed by atoms with Gasteiger partial charge in [0, 0.05) is 24.7 Å². The summed E-state index contributed by atoms with van der Waals surface area (Å²) in [5, 5.41) is 3.62. The molecule has 1 aliphatic heterocycles. The van der Waals surface area contributed by atoms with Gasteiger partial charge in [-0.1, -0.05) is 12.1 Å². The zero-order valence-corrected chi connectivity index (χ0v) is 11.5. The number of carbonyl (C=O) groups excluding carboxylic acids is 1. The number of esters is 1. The summed E-state index contributed by atoms with van der Waals surface area (Å²) < 4.78 is 4.71. The van der Waals surface area contributed by atoms with E-state index in [1.54, 1.807) is 0 Å². The molecule has 1 aliphatic carbocycles. The van der Waals surface area contributed by atoms with Crippen LogP contribution in [0.25, 0.3) is 0 Å². The quantitative estimate of drug-likeness (QED) is 0.820. The van der Waals surface area contributed by atoms with Gasteiger partial charge in [-0.25, -0.2) is 4.79 Å². The van der Waals surface area contributed by atoms with Crippen LogP contribution in [0.4, 0.5) is 0 Å². The van der Waals surface area contributed by atoms with Crippen LogP contribution in [0.15, 0.2) is 24.3 Å². The lowest BCUT2D eigenvalue weighted by Crippen LogP contribution is -2.52. The van der Waals surface area contributed by atoms with Crippen molar-refractivity contribution in [2.45, 2.75) is 24.4 Å². The van der Waals surface area contributed by atoms with Gasteiger partial charge in [-0.3, -0.25) is 4.90 Å². The van der Waals surface area contributed by atoms with Crippen molar-refractivity contribution in [1.29, 1.82) is 0 Å². The predicted octanol–water partition coefficient (Wildman–Crippen LogP) is 1.58. The third-order valence-corrected chi connectivity index (χ3v) is 4.51. The SMILES string of the molecule is COC(=O)c1ccc(C2CN(C)C3(CC3)CN2)cc1. The minimum Gasteiger partial charge on any atom is -0.465 e. The zero-order valence-electron chi connectivity index (χ0n) is 11.5. The highest BCUT2D eigenvalue weighted by molar-refractivity contribution is 5.89. The number of likely N-dealkylation sites (N-methyl/N-ethyl adjacent to an activating group) is 1. The highest BCUT2D eigenvalue weighted by atomic mass is 16.5. The van der Waals surface area contributed by atoms with Crippen molar-refractivity contribution >= 4 is 5.97 Å². The maximum absolute atomic E-state index is 11.4. The van der Waals surface area contributed by atoms with E-state index < -0.39 is 0 Å². The summed E-state index contributed by atoms with van der Waals surface area (Å²) in [6.07, 6.45) is 2.62. The fourth-order valence-electron chi connectivity index (χ4n) is 2.88. The highest BCUT2D eigenvalue weighted by Crippen LogP contribution is 2.43. The molecule has 2 fully saturated rings. The smallest absolute Gasteiger partial charge is 0.337 e. The minimum atomic E-state index is -0.280. The minimum absolute atomic E-state index is 0.280. The number of hydrogen-bond donors (Lipinski definition) is 1. The summed E-state index contributed by atoms with van der Waals surface area (Å²) in [6.45, 7) is 2.09. The lowest BCUT2D eigenvalue weighted by atomic mass is 10.00. The van der Waals surface area contributed by atoms with Crippen LogP contribution in [0.1, 0.15) is 34.8 Å². The van der Waals surface area contributed by atoms with Crippen LogP contribution in [-0.2, 0) is 4.74 Å². The number of nitrogens with zero attached hydrogens (tertiary/aromatic N) is 1. The van der Waals surface area contributed by atoms with Gasteiger partial charge in [-0.05, 0) is 37.6 Å². The van der Waals surface area contributed by atoms with Crippen LogP contribution < -0.4 is 5.32 Å². The average Bonchev–Trinajstić information content (AvgIpc) is 3.22. The van der Waals surface area contributed by atoms with E-state index >= 15 is 0 Å². The maximum Gasteiger partial charge on any atom is 0.337 e. The molecule has 1 aromatic rings. The van der Waals surface area contributed by atoms with Crippen molar-refractivity contribution in [3.05, 3.63) is 35.4 Å². The summed E-state index contributed by atoms with van der Waals surface area (Å²) in [6, 6.07) is 8.06. The summed E-state index contributed by atoms with van der Waals surface area (Å²) in [7, 11) is 3.62. The van der Waals surface area contributed by atoms with Crippen molar-refractivity contribution in [3.63, 3.8) is 0 Å². The topological polar surface area (TPSA) is 41.6 Å². The van der Waals surface area contributed by atoms with E-state index in [0.717, 1.165) is 13.1 Å². The fraction of sp³-hybridized carbons (Fsp3) is 0.533. The second-order valence-corrected chi connectivity index (χ2v) is 5.65. The van der Waals surface area contributed by atoms with Gasteiger partial charge >= 0.3 is 5.97 Å². The Morgan fingerprint density at radius 2 is 2.05 bits per heavy atom. The number of rotatable bonds is 2. The number of benzene rings is 1. The van der Waals surface area contributed by atoms with Gasteiger partial charge in [-0.2, -0.15) is 0 Å². The molecule has 0 aromatic heterocycles. The van der Waals surface area contributed by atoms with Crippen molar-refractivity contribution in [2.75, 3.05) is 27.2 Å². The molecule has 2 aliphatic rings. The Labute approximate surface area is 113 Å². The summed E-state index contributed by atoms with van der Waals surface area (Å²) >= 11 is 0. The molecule has 3 rings (SSSR count). The first-order chi connectivity index (χ1) is 9.14. The second-order valence-electron chi connectivity index (χ2n) is 5.65. The van der Waals surface area contributed by atoms with Gasteiger partial charge in [-0.15, -0.1) is 0 Å². The Hall–Kier alpha value is -1.39. The van der Waals surface area contributed by atoms with Crippen molar-refractivity contribution in [3.8, 4) is 0 Å². The Kier molecular flexibility index (Phi) is 3.07. The van der Waals surface area contributed by atoms with Gasteiger partial charge < -0.3 is 10.1 Å². The number of nitrogens with one attached hydrogen (secondary N) is 1. The summed E-state index contributed by atoms with van der Waals surface area (Å²) in [4.78, 5) is 13.9. The van der Waals surface area contributed by atoms with Crippen molar-refractivity contribution in [2.24, 2.45) is 0 Å². The lowest BCUT2D eigenvalue weighted by Gasteiger charge is -2.39. The molecule has 4 heteroatoms. The van der Waals surface area contributed by atoms with Crippen LogP contribution in [0.5, 0.6) is 0 Å². The molecule has 4 nitrogen and oxygen atoms in total. The highest BCUT2D eigenvalue weighted by Gasteiger charge is 2.49. The van der Waals surface area contributed by atoms with E-state index in [1.807, 2.05) is 24.3 Å². The number of ether oxygens (including phenoxy) is 1. The molecule has 1 spiro atoms. The molecule has 102 valence electrons. The van der Waals surface area contributed by atoms with E-state index in [4.69, 9.17) is 4.74 Å². The van der Waals surface area contributed by atoms with E-state index in [2.05, 4.69) is 17.3 Å². The van der Waals surface area contributed by atoms with Crippen LogP contribution >= 0.6 is 0 Å². The molecule has 0 radical (unpaired) electrons.